The van der Waals surface area contributed by atoms with Crippen molar-refractivity contribution in [3.05, 3.63) is 107 Å². The highest BCUT2D eigenvalue weighted by Crippen LogP contribution is 2.33. The first-order valence-electron chi connectivity index (χ1n) is 9.50. The van der Waals surface area contributed by atoms with Gasteiger partial charge in [0.2, 0.25) is 0 Å². The van der Waals surface area contributed by atoms with Crippen molar-refractivity contribution in [3.8, 4) is 5.75 Å². The molecule has 0 bridgehead atoms. The molecule has 4 rings (SSSR count). The summed E-state index contributed by atoms with van der Waals surface area (Å²) in [5.74, 6) is 0.909. The number of benzene rings is 3. The maximum absolute atomic E-state index is 5.97. The second kappa shape index (κ2) is 7.81. The fourth-order valence-corrected chi connectivity index (χ4v) is 3.63. The summed E-state index contributed by atoms with van der Waals surface area (Å²) < 4.78 is 5.97. The van der Waals surface area contributed by atoms with Crippen LogP contribution in [0.3, 0.4) is 0 Å². The lowest BCUT2D eigenvalue weighted by Crippen LogP contribution is -2.40. The average Bonchev–Trinajstić information content (AvgIpc) is 2.72. The molecule has 3 aromatic carbocycles. The van der Waals surface area contributed by atoms with E-state index >= 15 is 0 Å². The summed E-state index contributed by atoms with van der Waals surface area (Å²) in [5, 5.41) is 3.76. The van der Waals surface area contributed by atoms with Gasteiger partial charge in [0.05, 0.1) is 0 Å². The van der Waals surface area contributed by atoms with Crippen molar-refractivity contribution < 1.29 is 4.74 Å². The third-order valence-corrected chi connectivity index (χ3v) is 5.21. The van der Waals surface area contributed by atoms with Crippen molar-refractivity contribution in [1.82, 2.24) is 5.32 Å². The fraction of sp³-hybridized carbons (Fsp3) is 0.200. The van der Waals surface area contributed by atoms with Crippen LogP contribution in [0.2, 0.25) is 0 Å². The number of hydrogen-bond donors (Lipinski definition) is 1. The van der Waals surface area contributed by atoms with Crippen molar-refractivity contribution >= 4 is 6.08 Å². The quantitative estimate of drug-likeness (QED) is 0.613. The summed E-state index contributed by atoms with van der Waals surface area (Å²) in [4.78, 5) is 0. The Balaban J connectivity index is 1.42. The zero-order chi connectivity index (χ0) is 18.5. The minimum Gasteiger partial charge on any atom is -0.489 e. The maximum Gasteiger partial charge on any atom is 0.120 e. The van der Waals surface area contributed by atoms with Crippen LogP contribution in [0.1, 0.15) is 35.6 Å². The van der Waals surface area contributed by atoms with Crippen LogP contribution in [0.4, 0.5) is 0 Å². The predicted octanol–water partition coefficient (Wildman–Crippen LogP) is 5.69. The minimum atomic E-state index is -0.0494. The van der Waals surface area contributed by atoms with E-state index in [1.54, 1.807) is 0 Å². The molecule has 1 aliphatic rings. The first-order chi connectivity index (χ1) is 13.2. The van der Waals surface area contributed by atoms with Gasteiger partial charge in [0, 0.05) is 12.1 Å². The molecule has 0 radical (unpaired) electrons. The number of nitrogens with one attached hydrogen (secondary N) is 1. The second-order valence-electron chi connectivity index (χ2n) is 7.30. The molecule has 136 valence electrons. The molecule has 3 aromatic rings. The van der Waals surface area contributed by atoms with E-state index in [9.17, 15) is 0 Å². The van der Waals surface area contributed by atoms with Crippen molar-refractivity contribution in [2.24, 2.45) is 0 Å². The van der Waals surface area contributed by atoms with Crippen LogP contribution in [0.15, 0.2) is 84.9 Å². The smallest absolute Gasteiger partial charge is 0.120 e. The molecule has 0 heterocycles. The minimum absolute atomic E-state index is 0.0494. The molecule has 27 heavy (non-hydrogen) atoms. The highest BCUT2D eigenvalue weighted by molar-refractivity contribution is 5.59. The van der Waals surface area contributed by atoms with Crippen LogP contribution in [-0.2, 0) is 18.7 Å². The largest absolute Gasteiger partial charge is 0.489 e. The third-order valence-electron chi connectivity index (χ3n) is 5.21. The van der Waals surface area contributed by atoms with Crippen LogP contribution < -0.4 is 10.1 Å². The van der Waals surface area contributed by atoms with E-state index in [2.05, 4.69) is 79.0 Å². The SMILES string of the molecule is CC1(NCc2cccc(OCc3ccccc3)c2)CC=Cc2ccccc21. The van der Waals surface area contributed by atoms with E-state index < -0.39 is 0 Å². The molecule has 1 atom stereocenters. The van der Waals surface area contributed by atoms with Crippen molar-refractivity contribution in [2.45, 2.75) is 32.0 Å². The van der Waals surface area contributed by atoms with Crippen LogP contribution in [0.25, 0.3) is 6.08 Å². The standard InChI is InChI=1S/C25H25NO/c1-25(16-8-13-22-12-5-6-15-24(22)25)26-18-21-11-7-14-23(17-21)27-19-20-9-3-2-4-10-20/h2-15,17,26H,16,18-19H2,1H3. The Labute approximate surface area is 161 Å². The number of ether oxygens (including phenoxy) is 1. The maximum atomic E-state index is 5.97. The van der Waals surface area contributed by atoms with E-state index in [1.165, 1.54) is 22.3 Å². The Bertz CT molecular complexity index is 932. The Hall–Kier alpha value is -2.84. The molecule has 0 aromatic heterocycles. The second-order valence-corrected chi connectivity index (χ2v) is 7.30. The molecule has 1 unspecified atom stereocenters. The normalized spacial score (nSPS) is 18.1. The van der Waals surface area contributed by atoms with Gasteiger partial charge in [-0.1, -0.05) is 78.9 Å². The van der Waals surface area contributed by atoms with Gasteiger partial charge >= 0.3 is 0 Å². The molecule has 1 aliphatic carbocycles. The van der Waals surface area contributed by atoms with Crippen LogP contribution in [-0.4, -0.2) is 0 Å². The van der Waals surface area contributed by atoms with Crippen LogP contribution in [0, 0.1) is 0 Å². The Kier molecular flexibility index (Phi) is 5.08. The molecule has 2 nitrogen and oxygen atoms in total. The zero-order valence-electron chi connectivity index (χ0n) is 15.7. The van der Waals surface area contributed by atoms with E-state index in [1.807, 2.05) is 24.3 Å². The number of fused-ring (bicyclic) bond motifs is 1. The van der Waals surface area contributed by atoms with Crippen molar-refractivity contribution in [1.29, 1.82) is 0 Å². The molecule has 0 saturated heterocycles. The third kappa shape index (κ3) is 4.12. The fourth-order valence-electron chi connectivity index (χ4n) is 3.63. The summed E-state index contributed by atoms with van der Waals surface area (Å²) in [6, 6.07) is 27.3. The lowest BCUT2D eigenvalue weighted by Gasteiger charge is -2.34. The van der Waals surface area contributed by atoms with E-state index in [-0.39, 0.29) is 5.54 Å². The van der Waals surface area contributed by atoms with Gasteiger partial charge in [0.25, 0.3) is 0 Å². The Morgan fingerprint density at radius 3 is 2.56 bits per heavy atom. The first-order valence-corrected chi connectivity index (χ1v) is 9.50. The summed E-state index contributed by atoms with van der Waals surface area (Å²) in [5.41, 5.74) is 5.03. The van der Waals surface area contributed by atoms with Gasteiger partial charge in [0.15, 0.2) is 0 Å². The highest BCUT2D eigenvalue weighted by atomic mass is 16.5. The van der Waals surface area contributed by atoms with Gasteiger partial charge in [-0.3, -0.25) is 0 Å². The van der Waals surface area contributed by atoms with Gasteiger partial charge < -0.3 is 10.1 Å². The topological polar surface area (TPSA) is 21.3 Å². The van der Waals surface area contributed by atoms with Gasteiger partial charge in [-0.05, 0) is 47.7 Å². The van der Waals surface area contributed by atoms with Crippen molar-refractivity contribution in [2.75, 3.05) is 0 Å². The molecule has 0 fully saturated rings. The highest BCUT2D eigenvalue weighted by Gasteiger charge is 2.28. The van der Waals surface area contributed by atoms with E-state index in [0.717, 1.165) is 18.7 Å². The van der Waals surface area contributed by atoms with Gasteiger partial charge in [-0.15, -0.1) is 0 Å². The predicted molar refractivity (Wildman–Crippen MR) is 112 cm³/mol. The lowest BCUT2D eigenvalue weighted by atomic mass is 9.81. The Morgan fingerprint density at radius 2 is 1.67 bits per heavy atom. The van der Waals surface area contributed by atoms with Crippen LogP contribution in [0.5, 0.6) is 5.75 Å². The summed E-state index contributed by atoms with van der Waals surface area (Å²) in [6.45, 7) is 3.68. The van der Waals surface area contributed by atoms with E-state index in [0.29, 0.717) is 6.61 Å². The van der Waals surface area contributed by atoms with Gasteiger partial charge in [0.1, 0.15) is 12.4 Å². The molecule has 0 aliphatic heterocycles. The van der Waals surface area contributed by atoms with Crippen LogP contribution >= 0.6 is 0 Å². The summed E-state index contributed by atoms with van der Waals surface area (Å²) in [7, 11) is 0. The molecule has 0 spiro atoms. The summed E-state index contributed by atoms with van der Waals surface area (Å²) in [6.07, 6.45) is 5.47. The molecular formula is C25H25NO. The molecule has 0 amide bonds. The summed E-state index contributed by atoms with van der Waals surface area (Å²) >= 11 is 0. The number of hydrogen-bond acceptors (Lipinski definition) is 2. The Morgan fingerprint density at radius 1 is 0.889 bits per heavy atom. The van der Waals surface area contributed by atoms with Gasteiger partial charge in [-0.2, -0.15) is 0 Å². The average molecular weight is 355 g/mol. The monoisotopic (exact) mass is 355 g/mol. The molecule has 0 saturated carbocycles. The zero-order valence-corrected chi connectivity index (χ0v) is 15.7. The van der Waals surface area contributed by atoms with Crippen molar-refractivity contribution in [3.63, 3.8) is 0 Å². The molecule has 2 heteroatoms. The first kappa shape index (κ1) is 17.6. The number of rotatable bonds is 6. The van der Waals surface area contributed by atoms with E-state index in [4.69, 9.17) is 4.74 Å². The molecule has 1 N–H and O–H groups in total. The molecular weight excluding hydrogens is 330 g/mol. The van der Waals surface area contributed by atoms with Gasteiger partial charge in [-0.25, -0.2) is 0 Å². The lowest BCUT2D eigenvalue weighted by molar-refractivity contribution is 0.305.